The fourth-order valence-electron chi connectivity index (χ4n) is 0.767. The third kappa shape index (κ3) is 1.40. The molecule has 58 valence electrons. The van der Waals surface area contributed by atoms with E-state index in [0.717, 1.165) is 0 Å². The van der Waals surface area contributed by atoms with Gasteiger partial charge in [-0.25, -0.2) is 4.79 Å². The zero-order valence-corrected chi connectivity index (χ0v) is 5.86. The van der Waals surface area contributed by atoms with Crippen LogP contribution in [0, 0.1) is 13.8 Å². The van der Waals surface area contributed by atoms with Crippen molar-refractivity contribution in [2.45, 2.75) is 13.8 Å². The van der Waals surface area contributed by atoms with E-state index in [2.05, 4.69) is 0 Å². The Morgan fingerprint density at radius 2 is 2.27 bits per heavy atom. The number of carboxylic acid groups (broad SMARTS) is 1. The van der Waals surface area contributed by atoms with Crippen molar-refractivity contribution in [1.29, 1.82) is 0 Å². The van der Waals surface area contributed by atoms with Crippen molar-refractivity contribution in [1.82, 2.24) is 0 Å². The molecule has 0 radical (unpaired) electrons. The Kier molecular flexibility index (Phi) is 0.741. The molecule has 1 aromatic rings. The van der Waals surface area contributed by atoms with Gasteiger partial charge in [0.15, 0.2) is 0 Å². The van der Waals surface area contributed by atoms with Gasteiger partial charge in [0.2, 0.25) is 0 Å². The molecule has 2 heteroatoms. The Hall–Kier alpha value is -1.31. The van der Waals surface area contributed by atoms with Crippen LogP contribution in [0.25, 0.3) is 0 Å². The van der Waals surface area contributed by atoms with Gasteiger partial charge >= 0.3 is 5.97 Å². The molecule has 0 fully saturated rings. The van der Waals surface area contributed by atoms with Gasteiger partial charge in [-0.15, -0.1) is 0 Å². The molecule has 0 bridgehead atoms. The SMILES string of the molecule is [2H]c1c([2H])c(C)c(C(=O)O)c(C([2H])([2H])[2H])c1[2H]. The smallest absolute Gasteiger partial charge is 0.336 e. The summed E-state index contributed by atoms with van der Waals surface area (Å²) in [6.45, 7) is -1.53. The van der Waals surface area contributed by atoms with Gasteiger partial charge in [0.1, 0.15) is 0 Å². The molecule has 0 aliphatic heterocycles. The number of hydrogen-bond donors (Lipinski definition) is 1. The van der Waals surface area contributed by atoms with Gasteiger partial charge in [-0.1, -0.05) is 18.1 Å². The lowest BCUT2D eigenvalue weighted by Gasteiger charge is -2.02. The summed E-state index contributed by atoms with van der Waals surface area (Å²) >= 11 is 0. The Morgan fingerprint density at radius 3 is 2.82 bits per heavy atom. The summed E-state index contributed by atoms with van der Waals surface area (Å²) in [5.74, 6) is -1.50. The van der Waals surface area contributed by atoms with E-state index in [0.29, 0.717) is 0 Å². The van der Waals surface area contributed by atoms with E-state index >= 15 is 0 Å². The molecule has 1 rings (SSSR count). The van der Waals surface area contributed by atoms with E-state index < -0.39 is 42.1 Å². The summed E-state index contributed by atoms with van der Waals surface area (Å²) in [4.78, 5) is 11.0. The lowest BCUT2D eigenvalue weighted by Crippen LogP contribution is -2.01. The second-order valence-electron chi connectivity index (χ2n) is 2.06. The van der Waals surface area contributed by atoms with Crippen LogP contribution < -0.4 is 0 Å². The van der Waals surface area contributed by atoms with Crippen molar-refractivity contribution >= 4 is 5.97 Å². The van der Waals surface area contributed by atoms with Gasteiger partial charge in [0.25, 0.3) is 0 Å². The molecule has 0 saturated carbocycles. The number of carboxylic acids is 1. The first kappa shape index (κ1) is 2.97. The molecular formula is C9H10O2. The molecule has 0 unspecified atom stereocenters. The normalized spacial score (nSPS) is 18.6. The molecule has 0 aliphatic carbocycles. The number of hydrogen-bond acceptors (Lipinski definition) is 1. The molecule has 0 spiro atoms. The quantitative estimate of drug-likeness (QED) is 0.675. The number of rotatable bonds is 1. The molecule has 1 aromatic carbocycles. The fraction of sp³-hybridized carbons (Fsp3) is 0.222. The molecular weight excluding hydrogens is 140 g/mol. The Bertz CT molecular complexity index is 491. The highest BCUT2D eigenvalue weighted by Gasteiger charge is 2.08. The van der Waals surface area contributed by atoms with Crippen molar-refractivity contribution in [3.63, 3.8) is 0 Å². The summed E-state index contributed by atoms with van der Waals surface area (Å²) in [5, 5.41) is 8.97. The van der Waals surface area contributed by atoms with Crippen LogP contribution in [0.15, 0.2) is 18.1 Å². The zero-order chi connectivity index (χ0) is 13.5. The lowest BCUT2D eigenvalue weighted by atomic mass is 10.0. The van der Waals surface area contributed by atoms with Gasteiger partial charge in [-0.3, -0.25) is 0 Å². The van der Waals surface area contributed by atoms with Crippen molar-refractivity contribution in [2.24, 2.45) is 0 Å². The first-order chi connectivity index (χ1) is 7.59. The van der Waals surface area contributed by atoms with E-state index in [1.807, 2.05) is 0 Å². The predicted octanol–water partition coefficient (Wildman–Crippen LogP) is 2.00. The van der Waals surface area contributed by atoms with Crippen LogP contribution in [0.1, 0.15) is 29.7 Å². The largest absolute Gasteiger partial charge is 0.478 e. The van der Waals surface area contributed by atoms with Gasteiger partial charge < -0.3 is 5.11 Å². The summed E-state index contributed by atoms with van der Waals surface area (Å²) in [7, 11) is 0. The standard InChI is InChI=1S/C9H10O2/c1-6-4-3-5-7(2)8(6)9(10)11/h3-5H,1-2H3,(H,10,11)/i1D3,3D,4D,5D. The lowest BCUT2D eigenvalue weighted by molar-refractivity contribution is 0.0695. The van der Waals surface area contributed by atoms with Crippen molar-refractivity contribution in [3.05, 3.63) is 34.8 Å². The monoisotopic (exact) mass is 156 g/mol. The van der Waals surface area contributed by atoms with E-state index in [-0.39, 0.29) is 5.56 Å². The molecule has 0 heterocycles. The van der Waals surface area contributed by atoms with Crippen molar-refractivity contribution < 1.29 is 18.1 Å². The second-order valence-corrected chi connectivity index (χ2v) is 2.06. The number of benzene rings is 1. The summed E-state index contributed by atoms with van der Waals surface area (Å²) in [6, 6.07) is -1.72. The maximum absolute atomic E-state index is 11.0. The van der Waals surface area contributed by atoms with E-state index in [9.17, 15) is 4.79 Å². The Morgan fingerprint density at radius 1 is 1.64 bits per heavy atom. The molecule has 0 amide bonds. The minimum absolute atomic E-state index is 0.107. The minimum atomic E-state index is -2.79. The van der Waals surface area contributed by atoms with Crippen LogP contribution in [-0.2, 0) is 0 Å². The van der Waals surface area contributed by atoms with Crippen LogP contribution in [0.3, 0.4) is 0 Å². The van der Waals surface area contributed by atoms with Crippen LogP contribution in [-0.4, -0.2) is 11.1 Å². The van der Waals surface area contributed by atoms with Crippen LogP contribution in [0.4, 0.5) is 0 Å². The highest BCUT2D eigenvalue weighted by atomic mass is 16.4. The first-order valence-electron chi connectivity index (χ1n) is 5.93. The van der Waals surface area contributed by atoms with Crippen molar-refractivity contribution in [3.8, 4) is 0 Å². The van der Waals surface area contributed by atoms with Gasteiger partial charge in [0.05, 0.1) is 9.68 Å². The maximum Gasteiger partial charge on any atom is 0.336 e. The van der Waals surface area contributed by atoms with E-state index in [1.165, 1.54) is 6.92 Å². The summed E-state index contributed by atoms with van der Waals surface area (Å²) in [5.41, 5.74) is -1.36. The highest BCUT2D eigenvalue weighted by molar-refractivity contribution is 5.90. The number of aromatic carboxylic acids is 1. The second kappa shape index (κ2) is 2.74. The summed E-state index contributed by atoms with van der Waals surface area (Å²) in [6.07, 6.45) is 0. The average Bonchev–Trinajstić information content (AvgIpc) is 2.17. The maximum atomic E-state index is 11.0. The van der Waals surface area contributed by atoms with Crippen LogP contribution in [0.2, 0.25) is 0 Å². The fourth-order valence-corrected chi connectivity index (χ4v) is 0.767. The first-order valence-corrected chi connectivity index (χ1v) is 2.93. The molecule has 0 aliphatic rings. The summed E-state index contributed by atoms with van der Waals surface area (Å²) < 4.78 is 44.0. The third-order valence-corrected chi connectivity index (χ3v) is 1.28. The molecule has 0 aromatic heterocycles. The molecule has 11 heavy (non-hydrogen) atoms. The molecule has 0 atom stereocenters. The molecule has 1 N–H and O–H groups in total. The van der Waals surface area contributed by atoms with Gasteiger partial charge in [-0.05, 0) is 24.9 Å². The minimum Gasteiger partial charge on any atom is -0.478 e. The van der Waals surface area contributed by atoms with E-state index in [1.54, 1.807) is 0 Å². The topological polar surface area (TPSA) is 37.3 Å². The Labute approximate surface area is 73.9 Å². The third-order valence-electron chi connectivity index (χ3n) is 1.28. The highest BCUT2D eigenvalue weighted by Crippen LogP contribution is 2.12. The average molecular weight is 156 g/mol. The number of carbonyl (C=O) groups is 1. The zero-order valence-electron chi connectivity index (χ0n) is 11.9. The Balaban J connectivity index is 3.86. The molecule has 2 nitrogen and oxygen atoms in total. The van der Waals surface area contributed by atoms with Gasteiger partial charge in [0, 0.05) is 4.11 Å². The molecule has 0 saturated heterocycles. The van der Waals surface area contributed by atoms with Crippen molar-refractivity contribution in [2.75, 3.05) is 0 Å². The predicted molar refractivity (Wildman–Crippen MR) is 42.9 cm³/mol. The van der Waals surface area contributed by atoms with Gasteiger partial charge in [-0.2, -0.15) is 0 Å². The van der Waals surface area contributed by atoms with Crippen LogP contribution >= 0.6 is 0 Å². The van der Waals surface area contributed by atoms with E-state index in [4.69, 9.17) is 13.3 Å². The van der Waals surface area contributed by atoms with Crippen LogP contribution in [0.5, 0.6) is 0 Å².